The summed E-state index contributed by atoms with van der Waals surface area (Å²) in [6.07, 6.45) is 1.71. The normalized spacial score (nSPS) is 10.1. The third kappa shape index (κ3) is 2.94. The van der Waals surface area contributed by atoms with Gasteiger partial charge in [0, 0.05) is 22.4 Å². The molecule has 18 heavy (non-hydrogen) atoms. The average molecular weight is 261 g/mol. The van der Waals surface area contributed by atoms with E-state index < -0.39 is 0 Å². The van der Waals surface area contributed by atoms with Gasteiger partial charge in [-0.3, -0.25) is 0 Å². The van der Waals surface area contributed by atoms with Crippen LogP contribution in [-0.4, -0.2) is 12.1 Å². The number of nitrogens with two attached hydrogens (primary N) is 1. The minimum absolute atomic E-state index is 0.708. The van der Waals surface area contributed by atoms with Crippen molar-refractivity contribution in [2.24, 2.45) is 5.84 Å². The largest absolute Gasteiger partial charge is 0.496 e. The molecule has 2 aromatic rings. The molecule has 0 spiro atoms. The number of rotatable bonds is 5. The summed E-state index contributed by atoms with van der Waals surface area (Å²) in [5, 5.41) is 0. The van der Waals surface area contributed by atoms with E-state index in [0.717, 1.165) is 22.0 Å². The first-order valence-corrected chi connectivity index (χ1v) is 6.50. The van der Waals surface area contributed by atoms with Crippen molar-refractivity contribution in [3.8, 4) is 5.75 Å². The fourth-order valence-corrected chi connectivity index (χ4v) is 2.59. The van der Waals surface area contributed by atoms with Gasteiger partial charge in [-0.15, -0.1) is 11.8 Å². The van der Waals surface area contributed by atoms with Crippen molar-refractivity contribution >= 4 is 17.6 Å². The van der Waals surface area contributed by atoms with Crippen LogP contribution < -0.4 is 16.0 Å². The van der Waals surface area contributed by atoms with E-state index in [4.69, 9.17) is 10.6 Å². The summed E-state index contributed by atoms with van der Waals surface area (Å²) in [4.78, 5) is 5.27. The number of anilines is 1. The van der Waals surface area contributed by atoms with Crippen LogP contribution in [0, 0.1) is 0 Å². The molecule has 1 aromatic heterocycles. The van der Waals surface area contributed by atoms with Crippen LogP contribution in [0.4, 0.5) is 5.82 Å². The zero-order chi connectivity index (χ0) is 12.8. The second kappa shape index (κ2) is 6.28. The molecule has 2 rings (SSSR count). The second-order valence-corrected chi connectivity index (χ2v) is 4.61. The Kier molecular flexibility index (Phi) is 4.44. The molecule has 0 atom stereocenters. The second-order valence-electron chi connectivity index (χ2n) is 3.60. The summed E-state index contributed by atoms with van der Waals surface area (Å²) in [6.45, 7) is 0. The smallest absolute Gasteiger partial charge is 0.143 e. The highest BCUT2D eigenvalue weighted by Gasteiger charge is 2.05. The van der Waals surface area contributed by atoms with Gasteiger partial charge in [0.15, 0.2) is 0 Å². The van der Waals surface area contributed by atoms with Gasteiger partial charge in [-0.25, -0.2) is 10.8 Å². The number of hydrogen-bond donors (Lipinski definition) is 2. The van der Waals surface area contributed by atoms with E-state index in [1.54, 1.807) is 25.1 Å². The molecule has 0 amide bonds. The lowest BCUT2D eigenvalue weighted by molar-refractivity contribution is 0.405. The zero-order valence-corrected chi connectivity index (χ0v) is 10.9. The highest BCUT2D eigenvalue weighted by atomic mass is 32.2. The van der Waals surface area contributed by atoms with Crippen molar-refractivity contribution in [1.29, 1.82) is 0 Å². The highest BCUT2D eigenvalue weighted by molar-refractivity contribution is 7.98. The molecule has 0 aliphatic rings. The van der Waals surface area contributed by atoms with Crippen molar-refractivity contribution in [1.82, 2.24) is 4.98 Å². The molecule has 3 N–H and O–H groups in total. The number of hydrazine groups is 1. The van der Waals surface area contributed by atoms with E-state index in [2.05, 4.69) is 10.4 Å². The predicted octanol–water partition coefficient (Wildman–Crippen LogP) is 2.67. The van der Waals surface area contributed by atoms with Crippen LogP contribution in [0.3, 0.4) is 0 Å². The molecule has 0 aliphatic heterocycles. The van der Waals surface area contributed by atoms with Crippen LogP contribution >= 0.6 is 11.8 Å². The molecule has 0 saturated carbocycles. The van der Waals surface area contributed by atoms with Crippen molar-refractivity contribution in [2.75, 3.05) is 12.5 Å². The van der Waals surface area contributed by atoms with Crippen LogP contribution in [0.5, 0.6) is 5.75 Å². The van der Waals surface area contributed by atoms with Crippen LogP contribution in [0.2, 0.25) is 0 Å². The third-order valence-electron chi connectivity index (χ3n) is 2.48. The van der Waals surface area contributed by atoms with E-state index >= 15 is 0 Å². The number of nitrogen functional groups attached to an aromatic ring is 1. The van der Waals surface area contributed by atoms with Gasteiger partial charge in [0.1, 0.15) is 11.6 Å². The highest BCUT2D eigenvalue weighted by Crippen LogP contribution is 2.32. The monoisotopic (exact) mass is 261 g/mol. The molecule has 5 heteroatoms. The quantitative estimate of drug-likeness (QED) is 0.492. The Labute approximate surface area is 111 Å². The number of hydrogen-bond acceptors (Lipinski definition) is 5. The van der Waals surface area contributed by atoms with E-state index in [1.165, 1.54) is 0 Å². The number of aromatic nitrogens is 1. The van der Waals surface area contributed by atoms with Crippen molar-refractivity contribution in [3.63, 3.8) is 0 Å². The van der Waals surface area contributed by atoms with E-state index in [-0.39, 0.29) is 0 Å². The molecule has 0 unspecified atom stereocenters. The third-order valence-corrected chi connectivity index (χ3v) is 3.58. The first-order chi connectivity index (χ1) is 8.85. The number of thioether (sulfide) groups is 1. The number of nitrogens with zero attached hydrogens (tertiary/aromatic N) is 1. The van der Waals surface area contributed by atoms with Crippen molar-refractivity contribution in [2.45, 2.75) is 10.6 Å². The lowest BCUT2D eigenvalue weighted by Gasteiger charge is -2.09. The Balaban J connectivity index is 2.11. The first kappa shape index (κ1) is 12.7. The molecular weight excluding hydrogens is 246 g/mol. The van der Waals surface area contributed by atoms with Crippen LogP contribution in [-0.2, 0) is 5.75 Å². The van der Waals surface area contributed by atoms with Gasteiger partial charge >= 0.3 is 0 Å². The SMILES string of the molecule is COc1ccccc1SCc1cccnc1NN. The minimum Gasteiger partial charge on any atom is -0.496 e. The van der Waals surface area contributed by atoms with E-state index in [0.29, 0.717) is 5.82 Å². The summed E-state index contributed by atoms with van der Waals surface area (Å²) in [5.74, 6) is 7.81. The van der Waals surface area contributed by atoms with Gasteiger partial charge < -0.3 is 10.2 Å². The predicted molar refractivity (Wildman–Crippen MR) is 74.6 cm³/mol. The van der Waals surface area contributed by atoms with Crippen molar-refractivity contribution < 1.29 is 4.74 Å². The van der Waals surface area contributed by atoms with Gasteiger partial charge in [0.25, 0.3) is 0 Å². The molecule has 0 bridgehead atoms. The van der Waals surface area contributed by atoms with Gasteiger partial charge in [-0.2, -0.15) is 0 Å². The molecule has 94 valence electrons. The minimum atomic E-state index is 0.708. The number of ether oxygens (including phenoxy) is 1. The number of benzene rings is 1. The Morgan fingerprint density at radius 3 is 2.89 bits per heavy atom. The van der Waals surface area contributed by atoms with Crippen LogP contribution in [0.25, 0.3) is 0 Å². The first-order valence-electron chi connectivity index (χ1n) is 5.51. The zero-order valence-electron chi connectivity index (χ0n) is 10.1. The summed E-state index contributed by atoms with van der Waals surface area (Å²) < 4.78 is 5.31. The molecule has 0 fully saturated rings. The molecule has 1 heterocycles. The number of pyridine rings is 1. The van der Waals surface area contributed by atoms with Crippen molar-refractivity contribution in [3.05, 3.63) is 48.2 Å². The Hall–Kier alpha value is -1.72. The van der Waals surface area contributed by atoms with E-state index in [1.807, 2.05) is 36.4 Å². The molecule has 0 aliphatic carbocycles. The van der Waals surface area contributed by atoms with E-state index in [9.17, 15) is 0 Å². The summed E-state index contributed by atoms with van der Waals surface area (Å²) in [6, 6.07) is 11.8. The molecule has 4 nitrogen and oxygen atoms in total. The lowest BCUT2D eigenvalue weighted by Crippen LogP contribution is -2.10. The molecular formula is C13H15N3OS. The standard InChI is InChI=1S/C13H15N3OS/c1-17-11-6-2-3-7-12(11)18-9-10-5-4-8-15-13(10)16-14/h2-8H,9,14H2,1H3,(H,15,16). The average Bonchev–Trinajstić information content (AvgIpc) is 2.45. The maximum atomic E-state index is 5.43. The molecule has 1 aromatic carbocycles. The van der Waals surface area contributed by atoms with Gasteiger partial charge in [-0.1, -0.05) is 18.2 Å². The fraction of sp³-hybridized carbons (Fsp3) is 0.154. The summed E-state index contributed by atoms with van der Waals surface area (Å²) >= 11 is 1.69. The summed E-state index contributed by atoms with van der Waals surface area (Å²) in [7, 11) is 1.68. The Morgan fingerprint density at radius 2 is 2.11 bits per heavy atom. The van der Waals surface area contributed by atoms with Gasteiger partial charge in [0.2, 0.25) is 0 Å². The maximum Gasteiger partial charge on any atom is 0.143 e. The Bertz CT molecular complexity index is 472. The van der Waals surface area contributed by atoms with Gasteiger partial charge in [-0.05, 0) is 18.2 Å². The molecule has 0 radical (unpaired) electrons. The fourth-order valence-electron chi connectivity index (χ4n) is 1.58. The van der Waals surface area contributed by atoms with Crippen LogP contribution in [0.15, 0.2) is 47.5 Å². The molecule has 0 saturated heterocycles. The Morgan fingerprint density at radius 1 is 1.28 bits per heavy atom. The maximum absolute atomic E-state index is 5.43. The number of para-hydroxylation sites is 1. The topological polar surface area (TPSA) is 60.2 Å². The van der Waals surface area contributed by atoms with Gasteiger partial charge in [0.05, 0.1) is 7.11 Å². The van der Waals surface area contributed by atoms with Crippen LogP contribution in [0.1, 0.15) is 5.56 Å². The lowest BCUT2D eigenvalue weighted by atomic mass is 10.3. The summed E-state index contributed by atoms with van der Waals surface area (Å²) in [5.41, 5.74) is 3.67. The number of nitrogens with one attached hydrogen (secondary N) is 1. The number of methoxy groups -OCH3 is 1.